The van der Waals surface area contributed by atoms with Gasteiger partial charge in [-0.05, 0) is 11.5 Å². The molecule has 1 aliphatic heterocycles. The molecular formula is C21H31N5O2. The topological polar surface area (TPSA) is 72.3 Å². The summed E-state index contributed by atoms with van der Waals surface area (Å²) >= 11 is 0. The molecule has 2 aromatic rings. The second kappa shape index (κ2) is 10.3. The van der Waals surface area contributed by atoms with Gasteiger partial charge in [0.1, 0.15) is 0 Å². The number of ether oxygens (including phenoxy) is 1. The maximum absolute atomic E-state index is 12.6. The number of nitrogens with one attached hydrogen (secondary N) is 1. The van der Waals surface area contributed by atoms with Crippen LogP contribution < -0.4 is 5.32 Å². The minimum atomic E-state index is -0.163. The second-order valence-electron chi connectivity index (χ2n) is 7.29. The van der Waals surface area contributed by atoms with E-state index in [2.05, 4.69) is 34.4 Å². The lowest BCUT2D eigenvalue weighted by atomic mass is 9.92. The van der Waals surface area contributed by atoms with Crippen molar-refractivity contribution in [2.24, 2.45) is 5.92 Å². The molecule has 0 spiro atoms. The Morgan fingerprint density at radius 3 is 2.57 bits per heavy atom. The van der Waals surface area contributed by atoms with Crippen LogP contribution in [0.4, 0.5) is 0 Å². The lowest BCUT2D eigenvalue weighted by Crippen LogP contribution is -2.52. The monoisotopic (exact) mass is 385 g/mol. The summed E-state index contributed by atoms with van der Waals surface area (Å²) in [5.74, 6) is 0.385. The molecule has 28 heavy (non-hydrogen) atoms. The fraction of sp³-hybridized carbons (Fsp3) is 0.571. The first-order valence-corrected chi connectivity index (χ1v) is 10.2. The highest BCUT2D eigenvalue weighted by Gasteiger charge is 2.27. The molecule has 1 fully saturated rings. The molecule has 1 aromatic heterocycles. The third kappa shape index (κ3) is 5.39. The number of rotatable bonds is 9. The predicted molar refractivity (Wildman–Crippen MR) is 108 cm³/mol. The van der Waals surface area contributed by atoms with E-state index in [1.807, 2.05) is 30.3 Å². The summed E-state index contributed by atoms with van der Waals surface area (Å²) < 4.78 is 7.19. The van der Waals surface area contributed by atoms with Crippen LogP contribution >= 0.6 is 0 Å². The number of morpholine rings is 1. The average Bonchev–Trinajstić information content (AvgIpc) is 3.21. The maximum Gasteiger partial charge on any atom is 0.273 e. The first-order chi connectivity index (χ1) is 13.7. The van der Waals surface area contributed by atoms with Crippen molar-refractivity contribution in [1.82, 2.24) is 25.2 Å². The lowest BCUT2D eigenvalue weighted by Gasteiger charge is -2.38. The Kier molecular flexibility index (Phi) is 7.56. The molecule has 0 bridgehead atoms. The molecule has 1 aromatic carbocycles. The molecule has 1 unspecified atom stereocenters. The van der Waals surface area contributed by atoms with E-state index in [-0.39, 0.29) is 5.91 Å². The SMILES string of the molecule is CCC(CC)C(CNC(=O)c1cn(Cc2ccccc2)nn1)N1CCOCC1. The highest BCUT2D eigenvalue weighted by atomic mass is 16.5. The molecule has 7 heteroatoms. The Morgan fingerprint density at radius 1 is 1.18 bits per heavy atom. The number of hydrogen-bond donors (Lipinski definition) is 1. The van der Waals surface area contributed by atoms with Crippen LogP contribution in [0.3, 0.4) is 0 Å². The van der Waals surface area contributed by atoms with Crippen molar-refractivity contribution in [2.75, 3.05) is 32.8 Å². The number of amides is 1. The summed E-state index contributed by atoms with van der Waals surface area (Å²) in [7, 11) is 0. The van der Waals surface area contributed by atoms with Gasteiger partial charge in [0.25, 0.3) is 5.91 Å². The molecular weight excluding hydrogens is 354 g/mol. The molecule has 0 aliphatic carbocycles. The van der Waals surface area contributed by atoms with Crippen molar-refractivity contribution >= 4 is 5.91 Å². The molecule has 0 saturated carbocycles. The second-order valence-corrected chi connectivity index (χ2v) is 7.29. The minimum Gasteiger partial charge on any atom is -0.379 e. The highest BCUT2D eigenvalue weighted by Crippen LogP contribution is 2.19. The molecule has 1 saturated heterocycles. The van der Waals surface area contributed by atoms with Gasteiger partial charge in [-0.15, -0.1) is 5.10 Å². The lowest BCUT2D eigenvalue weighted by molar-refractivity contribution is 0.00190. The van der Waals surface area contributed by atoms with Crippen LogP contribution in [-0.4, -0.2) is 64.7 Å². The standard InChI is InChI=1S/C21H31N5O2/c1-3-18(4-2)20(25-10-12-28-13-11-25)14-22-21(27)19-16-26(24-23-19)15-17-8-6-5-7-9-17/h5-9,16,18,20H,3-4,10-15H2,1-2H3,(H,22,27). The van der Waals surface area contributed by atoms with E-state index in [9.17, 15) is 4.79 Å². The van der Waals surface area contributed by atoms with E-state index in [0.717, 1.165) is 44.7 Å². The van der Waals surface area contributed by atoms with Crippen LogP contribution in [0.1, 0.15) is 42.7 Å². The van der Waals surface area contributed by atoms with E-state index < -0.39 is 0 Å². The van der Waals surface area contributed by atoms with Crippen LogP contribution in [0, 0.1) is 5.92 Å². The molecule has 1 N–H and O–H groups in total. The van der Waals surface area contributed by atoms with E-state index >= 15 is 0 Å². The summed E-state index contributed by atoms with van der Waals surface area (Å²) in [5, 5.41) is 11.2. The van der Waals surface area contributed by atoms with Crippen LogP contribution in [-0.2, 0) is 11.3 Å². The number of hydrogen-bond acceptors (Lipinski definition) is 5. The van der Waals surface area contributed by atoms with E-state index in [0.29, 0.717) is 30.7 Å². The van der Waals surface area contributed by atoms with Gasteiger partial charge < -0.3 is 10.1 Å². The zero-order chi connectivity index (χ0) is 19.8. The van der Waals surface area contributed by atoms with Crippen LogP contribution in [0.2, 0.25) is 0 Å². The average molecular weight is 386 g/mol. The zero-order valence-corrected chi connectivity index (χ0v) is 16.9. The van der Waals surface area contributed by atoms with Gasteiger partial charge in [-0.3, -0.25) is 9.69 Å². The normalized spacial score (nSPS) is 16.2. The summed E-state index contributed by atoms with van der Waals surface area (Å²) in [6, 6.07) is 10.3. The third-order valence-electron chi connectivity index (χ3n) is 5.54. The van der Waals surface area contributed by atoms with E-state index in [4.69, 9.17) is 4.74 Å². The minimum absolute atomic E-state index is 0.163. The molecule has 1 amide bonds. The molecule has 0 radical (unpaired) electrons. The predicted octanol–water partition coefficient (Wildman–Crippen LogP) is 2.19. The quantitative estimate of drug-likeness (QED) is 0.716. The molecule has 7 nitrogen and oxygen atoms in total. The number of carbonyl (C=O) groups excluding carboxylic acids is 1. The molecule has 1 atom stereocenters. The van der Waals surface area contributed by atoms with Crippen molar-refractivity contribution in [3.8, 4) is 0 Å². The Morgan fingerprint density at radius 2 is 1.89 bits per heavy atom. The zero-order valence-electron chi connectivity index (χ0n) is 16.9. The first kappa shape index (κ1) is 20.5. The molecule has 3 rings (SSSR count). The number of aromatic nitrogens is 3. The maximum atomic E-state index is 12.6. The largest absolute Gasteiger partial charge is 0.379 e. The van der Waals surface area contributed by atoms with Gasteiger partial charge in [0.05, 0.1) is 26.0 Å². The number of carbonyl (C=O) groups is 1. The summed E-state index contributed by atoms with van der Waals surface area (Å²) in [6.07, 6.45) is 3.91. The number of nitrogens with zero attached hydrogens (tertiary/aromatic N) is 4. The smallest absolute Gasteiger partial charge is 0.273 e. The van der Waals surface area contributed by atoms with Gasteiger partial charge in [-0.2, -0.15) is 0 Å². The fourth-order valence-corrected chi connectivity index (χ4v) is 3.87. The first-order valence-electron chi connectivity index (χ1n) is 10.2. The molecule has 152 valence electrons. The van der Waals surface area contributed by atoms with Gasteiger partial charge in [0.15, 0.2) is 5.69 Å². The van der Waals surface area contributed by atoms with Crippen molar-refractivity contribution < 1.29 is 9.53 Å². The Labute approximate surface area is 167 Å². The summed E-state index contributed by atoms with van der Waals surface area (Å²) in [5.41, 5.74) is 1.49. The molecule has 2 heterocycles. The van der Waals surface area contributed by atoms with E-state index in [1.165, 1.54) is 0 Å². The van der Waals surface area contributed by atoms with Crippen molar-refractivity contribution in [3.63, 3.8) is 0 Å². The van der Waals surface area contributed by atoms with Gasteiger partial charge in [-0.1, -0.05) is 62.2 Å². The van der Waals surface area contributed by atoms with Gasteiger partial charge in [-0.25, -0.2) is 4.68 Å². The number of benzene rings is 1. The van der Waals surface area contributed by atoms with Crippen LogP contribution in [0.15, 0.2) is 36.5 Å². The third-order valence-corrected chi connectivity index (χ3v) is 5.54. The van der Waals surface area contributed by atoms with Gasteiger partial charge in [0.2, 0.25) is 0 Å². The van der Waals surface area contributed by atoms with Gasteiger partial charge in [0, 0.05) is 25.7 Å². The Balaban J connectivity index is 1.59. The highest BCUT2D eigenvalue weighted by molar-refractivity contribution is 5.91. The van der Waals surface area contributed by atoms with Gasteiger partial charge >= 0.3 is 0 Å². The fourth-order valence-electron chi connectivity index (χ4n) is 3.87. The summed E-state index contributed by atoms with van der Waals surface area (Å²) in [4.78, 5) is 15.1. The Hall–Kier alpha value is -2.25. The Bertz CT molecular complexity index is 723. The molecule has 1 aliphatic rings. The van der Waals surface area contributed by atoms with Crippen LogP contribution in [0.5, 0.6) is 0 Å². The van der Waals surface area contributed by atoms with Crippen molar-refractivity contribution in [3.05, 3.63) is 47.8 Å². The van der Waals surface area contributed by atoms with Crippen LogP contribution in [0.25, 0.3) is 0 Å². The van der Waals surface area contributed by atoms with E-state index in [1.54, 1.807) is 10.9 Å². The van der Waals surface area contributed by atoms with Crippen molar-refractivity contribution in [1.29, 1.82) is 0 Å². The summed E-state index contributed by atoms with van der Waals surface area (Å²) in [6.45, 7) is 9.03. The van der Waals surface area contributed by atoms with Crippen molar-refractivity contribution in [2.45, 2.75) is 39.3 Å².